The number of benzene rings is 2. The molecule has 2 aromatic rings. The molecule has 2 aliphatic heterocycles. The first-order valence-electron chi connectivity index (χ1n) is 11.3. The van der Waals surface area contributed by atoms with E-state index in [2.05, 4.69) is 6.92 Å². The number of aryl methyl sites for hydroxylation is 1. The molecule has 0 N–H and O–H groups in total. The Labute approximate surface area is 185 Å². The largest absolute Gasteiger partial charge is 0.490 e. The summed E-state index contributed by atoms with van der Waals surface area (Å²) in [6.07, 6.45) is 4.72. The van der Waals surface area contributed by atoms with Crippen molar-refractivity contribution in [3.8, 4) is 17.2 Å². The van der Waals surface area contributed by atoms with Crippen LogP contribution in [0.2, 0.25) is 0 Å². The minimum Gasteiger partial charge on any atom is -0.490 e. The van der Waals surface area contributed by atoms with E-state index in [9.17, 15) is 13.2 Å². The molecule has 2 aromatic carbocycles. The zero-order chi connectivity index (χ0) is 22.7. The van der Waals surface area contributed by atoms with Crippen LogP contribution in [0, 0.1) is 23.4 Å². The lowest BCUT2D eigenvalue weighted by molar-refractivity contribution is -0.0310. The summed E-state index contributed by atoms with van der Waals surface area (Å²) < 4.78 is 73.6. The number of ether oxygens (including phenoxy) is 3. The average molecular weight is 452 g/mol. The lowest BCUT2D eigenvalue weighted by Gasteiger charge is -2.29. The van der Waals surface area contributed by atoms with Crippen LogP contribution < -0.4 is 9.47 Å². The number of hydrogen-bond donors (Lipinski definition) is 0. The van der Waals surface area contributed by atoms with Crippen molar-refractivity contribution in [2.24, 2.45) is 5.92 Å². The van der Waals surface area contributed by atoms with E-state index < -0.39 is 24.1 Å². The fourth-order valence-electron chi connectivity index (χ4n) is 4.40. The van der Waals surface area contributed by atoms with Crippen LogP contribution in [-0.2, 0) is 17.6 Å². The van der Waals surface area contributed by atoms with Crippen LogP contribution in [0.15, 0.2) is 18.2 Å². The Morgan fingerprint density at radius 3 is 2.56 bits per heavy atom. The Hall–Kier alpha value is -2.28. The Kier molecular flexibility index (Phi) is 7.23. The Morgan fingerprint density at radius 2 is 1.84 bits per heavy atom. The summed E-state index contributed by atoms with van der Waals surface area (Å²) in [5.74, 6) is -3.25. The molecule has 1 saturated heterocycles. The van der Waals surface area contributed by atoms with E-state index in [-0.39, 0.29) is 54.1 Å². The van der Waals surface area contributed by atoms with Gasteiger partial charge in [-0.3, -0.25) is 4.39 Å². The van der Waals surface area contributed by atoms with Gasteiger partial charge in [0.05, 0.1) is 26.0 Å². The summed E-state index contributed by atoms with van der Waals surface area (Å²) in [6.45, 7) is 2.41. The number of hydrogen-bond acceptors (Lipinski definition) is 3. The summed E-state index contributed by atoms with van der Waals surface area (Å²) in [5, 5.41) is 0. The topological polar surface area (TPSA) is 27.7 Å². The number of fused-ring (bicyclic) bond motifs is 2. The van der Waals surface area contributed by atoms with Gasteiger partial charge in [0, 0.05) is 23.5 Å². The highest BCUT2D eigenvalue weighted by Gasteiger charge is 2.29. The standard InChI is InChI=1S/C25H28F4O3/c1-2-4-19-8-6-15(13-30-19)14-31-20-9-7-17-12-18-11-16(5-3-10-26)21(27)23(29)25(18)32-24(17)22(20)28/h7,9,11,15,19H,2-6,8,10,12-14H2,1H3. The second-order valence-electron chi connectivity index (χ2n) is 8.59. The van der Waals surface area contributed by atoms with Crippen molar-refractivity contribution in [3.63, 3.8) is 0 Å². The molecule has 2 atom stereocenters. The monoisotopic (exact) mass is 452 g/mol. The molecule has 0 bridgehead atoms. The molecule has 174 valence electrons. The van der Waals surface area contributed by atoms with Crippen molar-refractivity contribution < 1.29 is 31.8 Å². The molecule has 2 unspecified atom stereocenters. The van der Waals surface area contributed by atoms with Crippen molar-refractivity contribution in [3.05, 3.63) is 52.3 Å². The average Bonchev–Trinajstić information content (AvgIpc) is 2.80. The van der Waals surface area contributed by atoms with Gasteiger partial charge < -0.3 is 14.2 Å². The maximum absolute atomic E-state index is 15.1. The predicted molar refractivity (Wildman–Crippen MR) is 113 cm³/mol. The van der Waals surface area contributed by atoms with E-state index in [0.717, 1.165) is 25.7 Å². The van der Waals surface area contributed by atoms with E-state index in [1.165, 1.54) is 12.1 Å². The molecular weight excluding hydrogens is 424 g/mol. The molecule has 0 aliphatic carbocycles. The molecule has 0 radical (unpaired) electrons. The van der Waals surface area contributed by atoms with Crippen molar-refractivity contribution in [1.29, 1.82) is 0 Å². The van der Waals surface area contributed by atoms with Crippen LogP contribution >= 0.6 is 0 Å². The van der Waals surface area contributed by atoms with Gasteiger partial charge in [-0.2, -0.15) is 8.78 Å². The molecular formula is C25H28F4O3. The molecule has 0 amide bonds. The predicted octanol–water partition coefficient (Wildman–Crippen LogP) is 6.68. The summed E-state index contributed by atoms with van der Waals surface area (Å²) in [5.41, 5.74) is 1.04. The van der Waals surface area contributed by atoms with Crippen molar-refractivity contribution in [2.45, 2.75) is 58.0 Å². The van der Waals surface area contributed by atoms with Crippen LogP contribution in [-0.4, -0.2) is 26.0 Å². The quantitative estimate of drug-likeness (QED) is 0.357. The summed E-state index contributed by atoms with van der Waals surface area (Å²) >= 11 is 0. The second-order valence-corrected chi connectivity index (χ2v) is 8.59. The normalized spacial score (nSPS) is 19.8. The van der Waals surface area contributed by atoms with Gasteiger partial charge in [0.1, 0.15) is 0 Å². The number of halogens is 4. The molecule has 2 heterocycles. The van der Waals surface area contributed by atoms with Crippen molar-refractivity contribution in [2.75, 3.05) is 19.9 Å². The molecule has 1 fully saturated rings. The first-order valence-corrected chi connectivity index (χ1v) is 11.3. The number of rotatable bonds is 8. The lowest BCUT2D eigenvalue weighted by atomic mass is 9.96. The Morgan fingerprint density at radius 1 is 1.03 bits per heavy atom. The van der Waals surface area contributed by atoms with Gasteiger partial charge in [0.2, 0.25) is 11.6 Å². The molecule has 0 aromatic heterocycles. The minimum absolute atomic E-state index is 0.0170. The van der Waals surface area contributed by atoms with Crippen LogP contribution in [0.3, 0.4) is 0 Å². The van der Waals surface area contributed by atoms with E-state index in [1.807, 2.05) is 0 Å². The molecule has 7 heteroatoms. The first-order chi connectivity index (χ1) is 15.5. The Balaban J connectivity index is 1.46. The summed E-state index contributed by atoms with van der Waals surface area (Å²) in [4.78, 5) is 0. The highest BCUT2D eigenvalue weighted by molar-refractivity contribution is 5.54. The molecule has 0 saturated carbocycles. The van der Waals surface area contributed by atoms with E-state index in [0.29, 0.717) is 24.3 Å². The van der Waals surface area contributed by atoms with E-state index in [4.69, 9.17) is 14.2 Å². The third-order valence-corrected chi connectivity index (χ3v) is 6.17. The highest BCUT2D eigenvalue weighted by atomic mass is 19.2. The minimum atomic E-state index is -1.17. The summed E-state index contributed by atoms with van der Waals surface area (Å²) in [7, 11) is 0. The SMILES string of the molecule is CCCC1CCC(COc2ccc3c(c2F)Oc2c(cc(CCCF)c(F)c2F)C3)CO1. The van der Waals surface area contributed by atoms with Crippen LogP contribution in [0.25, 0.3) is 0 Å². The van der Waals surface area contributed by atoms with Gasteiger partial charge in [0.15, 0.2) is 23.1 Å². The molecule has 2 aliphatic rings. The van der Waals surface area contributed by atoms with Gasteiger partial charge in [-0.25, -0.2) is 4.39 Å². The third-order valence-electron chi connectivity index (χ3n) is 6.17. The summed E-state index contributed by atoms with van der Waals surface area (Å²) in [6, 6.07) is 4.69. The second kappa shape index (κ2) is 10.1. The van der Waals surface area contributed by atoms with Crippen LogP contribution in [0.5, 0.6) is 17.2 Å². The first kappa shape index (κ1) is 22.9. The lowest BCUT2D eigenvalue weighted by Crippen LogP contribution is -2.29. The van der Waals surface area contributed by atoms with Crippen molar-refractivity contribution in [1.82, 2.24) is 0 Å². The van der Waals surface area contributed by atoms with Crippen LogP contribution in [0.4, 0.5) is 17.6 Å². The van der Waals surface area contributed by atoms with Crippen molar-refractivity contribution >= 4 is 0 Å². The maximum atomic E-state index is 15.1. The fraction of sp³-hybridized carbons (Fsp3) is 0.520. The van der Waals surface area contributed by atoms with Gasteiger partial charge in [-0.1, -0.05) is 19.4 Å². The van der Waals surface area contributed by atoms with Gasteiger partial charge in [0.25, 0.3) is 0 Å². The van der Waals surface area contributed by atoms with Gasteiger partial charge in [-0.05, 0) is 49.8 Å². The fourth-order valence-corrected chi connectivity index (χ4v) is 4.40. The number of alkyl halides is 1. The van der Waals surface area contributed by atoms with Crippen LogP contribution in [0.1, 0.15) is 55.7 Å². The van der Waals surface area contributed by atoms with Gasteiger partial charge in [-0.15, -0.1) is 0 Å². The van der Waals surface area contributed by atoms with E-state index in [1.54, 1.807) is 6.07 Å². The molecule has 32 heavy (non-hydrogen) atoms. The highest BCUT2D eigenvalue weighted by Crippen LogP contribution is 2.43. The molecule has 3 nitrogen and oxygen atoms in total. The molecule has 0 spiro atoms. The Bertz CT molecular complexity index is 955. The third kappa shape index (κ3) is 4.72. The maximum Gasteiger partial charge on any atom is 0.207 e. The van der Waals surface area contributed by atoms with E-state index >= 15 is 4.39 Å². The smallest absolute Gasteiger partial charge is 0.207 e. The zero-order valence-electron chi connectivity index (χ0n) is 18.2. The molecule has 4 rings (SSSR count). The zero-order valence-corrected chi connectivity index (χ0v) is 18.2. The van der Waals surface area contributed by atoms with Gasteiger partial charge >= 0.3 is 0 Å².